The van der Waals surface area contributed by atoms with Gasteiger partial charge in [-0.25, -0.2) is 4.39 Å². The number of piperidine rings is 1. The molecule has 7 heteroatoms. The van der Waals surface area contributed by atoms with Gasteiger partial charge in [0.2, 0.25) is 0 Å². The molecule has 0 bridgehead atoms. The molecule has 1 fully saturated rings. The van der Waals surface area contributed by atoms with Gasteiger partial charge in [-0.2, -0.15) is 0 Å². The standard InChI is InChI=1S/C25H27FN2O4/c1-16-15-20-5-3-4-6-22(20)28(16)23(29)17(2)32-25(31)19-11-13-27(14-12-19)24(30)18-7-9-21(26)10-8-18/h3-10,16-17,19H,11-15H2,1-2H3/t16-,17-/m1/s1. The summed E-state index contributed by atoms with van der Waals surface area (Å²) in [6.45, 7) is 4.42. The maximum absolute atomic E-state index is 13.1. The van der Waals surface area contributed by atoms with Crippen molar-refractivity contribution in [1.29, 1.82) is 0 Å². The Kier molecular flexibility index (Phi) is 6.26. The minimum absolute atomic E-state index is 0.0155. The summed E-state index contributed by atoms with van der Waals surface area (Å²) in [6, 6.07) is 13.2. The first-order valence-corrected chi connectivity index (χ1v) is 11.0. The molecule has 0 aliphatic carbocycles. The summed E-state index contributed by atoms with van der Waals surface area (Å²) in [7, 11) is 0. The van der Waals surface area contributed by atoms with Gasteiger partial charge in [0.05, 0.1) is 5.92 Å². The number of carbonyl (C=O) groups excluding carboxylic acids is 3. The minimum atomic E-state index is -0.880. The van der Waals surface area contributed by atoms with Crippen LogP contribution in [0.4, 0.5) is 10.1 Å². The van der Waals surface area contributed by atoms with Gasteiger partial charge in [0.15, 0.2) is 6.10 Å². The second-order valence-corrected chi connectivity index (χ2v) is 8.54. The first-order chi connectivity index (χ1) is 15.3. The number of anilines is 1. The molecule has 32 heavy (non-hydrogen) atoms. The van der Waals surface area contributed by atoms with Gasteiger partial charge in [-0.1, -0.05) is 18.2 Å². The zero-order chi connectivity index (χ0) is 22.8. The SMILES string of the molecule is C[C@@H]1Cc2ccccc2N1C(=O)[C@@H](C)OC(=O)C1CCN(C(=O)c2ccc(F)cc2)CC1. The molecule has 2 aromatic carbocycles. The number of amides is 2. The van der Waals surface area contributed by atoms with Crippen LogP contribution in [0.1, 0.15) is 42.6 Å². The molecule has 0 N–H and O–H groups in total. The number of para-hydroxylation sites is 1. The van der Waals surface area contributed by atoms with Gasteiger partial charge in [-0.05, 0) is 69.0 Å². The Morgan fingerprint density at radius 1 is 1.03 bits per heavy atom. The van der Waals surface area contributed by atoms with Crippen LogP contribution in [0.5, 0.6) is 0 Å². The van der Waals surface area contributed by atoms with Crippen molar-refractivity contribution < 1.29 is 23.5 Å². The highest BCUT2D eigenvalue weighted by atomic mass is 19.1. The maximum Gasteiger partial charge on any atom is 0.309 e. The van der Waals surface area contributed by atoms with E-state index in [1.54, 1.807) is 16.7 Å². The van der Waals surface area contributed by atoms with E-state index in [0.717, 1.165) is 17.7 Å². The number of carbonyl (C=O) groups is 3. The molecular weight excluding hydrogens is 411 g/mol. The predicted molar refractivity (Wildman–Crippen MR) is 118 cm³/mol. The van der Waals surface area contributed by atoms with Crippen LogP contribution in [0, 0.1) is 11.7 Å². The van der Waals surface area contributed by atoms with Gasteiger partial charge < -0.3 is 14.5 Å². The molecule has 2 amide bonds. The molecule has 1 saturated heterocycles. The van der Waals surface area contributed by atoms with Crippen molar-refractivity contribution in [3.63, 3.8) is 0 Å². The molecule has 4 rings (SSSR count). The van der Waals surface area contributed by atoms with Crippen molar-refractivity contribution in [2.75, 3.05) is 18.0 Å². The molecule has 2 aromatic rings. The molecule has 2 atom stereocenters. The van der Waals surface area contributed by atoms with Crippen molar-refractivity contribution in [3.8, 4) is 0 Å². The van der Waals surface area contributed by atoms with E-state index in [-0.39, 0.29) is 23.8 Å². The molecule has 0 spiro atoms. The van der Waals surface area contributed by atoms with Gasteiger partial charge in [0, 0.05) is 30.4 Å². The number of nitrogens with zero attached hydrogens (tertiary/aromatic N) is 2. The Morgan fingerprint density at radius 2 is 1.69 bits per heavy atom. The summed E-state index contributed by atoms with van der Waals surface area (Å²) in [6.07, 6.45) is 0.837. The molecule has 2 aliphatic heterocycles. The van der Waals surface area contributed by atoms with Gasteiger partial charge in [0.25, 0.3) is 11.8 Å². The van der Waals surface area contributed by atoms with E-state index < -0.39 is 17.9 Å². The summed E-state index contributed by atoms with van der Waals surface area (Å²) in [5, 5.41) is 0. The lowest BCUT2D eigenvalue weighted by atomic mass is 9.96. The predicted octanol–water partition coefficient (Wildman–Crippen LogP) is 3.59. The van der Waals surface area contributed by atoms with Crippen LogP contribution in [0.25, 0.3) is 0 Å². The highest BCUT2D eigenvalue weighted by molar-refractivity contribution is 5.99. The van der Waals surface area contributed by atoms with Gasteiger partial charge in [-0.15, -0.1) is 0 Å². The average Bonchev–Trinajstić information content (AvgIpc) is 3.14. The van der Waals surface area contributed by atoms with Crippen LogP contribution in [-0.2, 0) is 20.7 Å². The van der Waals surface area contributed by atoms with Crippen molar-refractivity contribution in [2.24, 2.45) is 5.92 Å². The van der Waals surface area contributed by atoms with Gasteiger partial charge in [-0.3, -0.25) is 14.4 Å². The van der Waals surface area contributed by atoms with E-state index in [1.807, 2.05) is 31.2 Å². The number of benzene rings is 2. The van der Waals surface area contributed by atoms with Crippen LogP contribution < -0.4 is 4.90 Å². The Hall–Kier alpha value is -3.22. The molecular formula is C25H27FN2O4. The monoisotopic (exact) mass is 438 g/mol. The third-order valence-corrected chi connectivity index (χ3v) is 6.29. The Bertz CT molecular complexity index is 1010. The second kappa shape index (κ2) is 9.10. The van der Waals surface area contributed by atoms with E-state index in [0.29, 0.717) is 31.5 Å². The molecule has 0 unspecified atom stereocenters. The highest BCUT2D eigenvalue weighted by Gasteiger charge is 2.36. The number of hydrogen-bond acceptors (Lipinski definition) is 4. The Morgan fingerprint density at radius 3 is 2.38 bits per heavy atom. The first kappa shape index (κ1) is 22.0. The lowest BCUT2D eigenvalue weighted by Crippen LogP contribution is -2.45. The number of fused-ring (bicyclic) bond motifs is 1. The molecule has 0 radical (unpaired) electrons. The van der Waals surface area contributed by atoms with Crippen LogP contribution in [0.3, 0.4) is 0 Å². The van der Waals surface area contributed by atoms with E-state index in [4.69, 9.17) is 4.74 Å². The third-order valence-electron chi connectivity index (χ3n) is 6.29. The quantitative estimate of drug-likeness (QED) is 0.685. The fraction of sp³-hybridized carbons (Fsp3) is 0.400. The summed E-state index contributed by atoms with van der Waals surface area (Å²) >= 11 is 0. The summed E-state index contributed by atoms with van der Waals surface area (Å²) < 4.78 is 18.6. The molecule has 2 aliphatic rings. The van der Waals surface area contributed by atoms with Crippen molar-refractivity contribution in [3.05, 3.63) is 65.5 Å². The number of halogens is 1. The highest BCUT2D eigenvalue weighted by Crippen LogP contribution is 2.32. The number of esters is 1. The minimum Gasteiger partial charge on any atom is -0.452 e. The topological polar surface area (TPSA) is 66.9 Å². The molecule has 2 heterocycles. The molecule has 0 saturated carbocycles. The smallest absolute Gasteiger partial charge is 0.309 e. The number of likely N-dealkylation sites (tertiary alicyclic amines) is 1. The van der Waals surface area contributed by atoms with Crippen LogP contribution in [0.2, 0.25) is 0 Å². The average molecular weight is 438 g/mol. The largest absolute Gasteiger partial charge is 0.452 e. The number of hydrogen-bond donors (Lipinski definition) is 0. The van der Waals surface area contributed by atoms with E-state index >= 15 is 0 Å². The maximum atomic E-state index is 13.1. The van der Waals surface area contributed by atoms with Gasteiger partial charge >= 0.3 is 5.97 Å². The van der Waals surface area contributed by atoms with Crippen LogP contribution >= 0.6 is 0 Å². The van der Waals surface area contributed by atoms with Gasteiger partial charge in [0.1, 0.15) is 5.82 Å². The molecule has 0 aromatic heterocycles. The number of rotatable bonds is 4. The zero-order valence-corrected chi connectivity index (χ0v) is 18.3. The van der Waals surface area contributed by atoms with E-state index in [9.17, 15) is 18.8 Å². The summed E-state index contributed by atoms with van der Waals surface area (Å²) in [5.41, 5.74) is 2.41. The second-order valence-electron chi connectivity index (χ2n) is 8.54. The lowest BCUT2D eigenvalue weighted by molar-refractivity contribution is -0.159. The number of ether oxygens (including phenoxy) is 1. The zero-order valence-electron chi connectivity index (χ0n) is 18.3. The van der Waals surface area contributed by atoms with E-state index in [1.165, 1.54) is 24.3 Å². The lowest BCUT2D eigenvalue weighted by Gasteiger charge is -2.32. The van der Waals surface area contributed by atoms with E-state index in [2.05, 4.69) is 0 Å². The van der Waals surface area contributed by atoms with Crippen LogP contribution in [0.15, 0.2) is 48.5 Å². The van der Waals surface area contributed by atoms with Crippen molar-refractivity contribution in [2.45, 2.75) is 45.3 Å². The first-order valence-electron chi connectivity index (χ1n) is 11.0. The summed E-state index contributed by atoms with van der Waals surface area (Å²) in [4.78, 5) is 41.7. The molecule has 6 nitrogen and oxygen atoms in total. The fourth-order valence-electron chi connectivity index (χ4n) is 4.51. The van der Waals surface area contributed by atoms with Crippen LogP contribution in [-0.4, -0.2) is 47.9 Å². The Balaban J connectivity index is 1.31. The summed E-state index contributed by atoms with van der Waals surface area (Å²) in [5.74, 6) is -1.55. The normalized spacial score (nSPS) is 19.4. The fourth-order valence-corrected chi connectivity index (χ4v) is 4.51. The van der Waals surface area contributed by atoms with Crippen molar-refractivity contribution in [1.82, 2.24) is 4.90 Å². The third kappa shape index (κ3) is 4.38. The Labute approximate surface area is 187 Å². The molecule has 168 valence electrons. The van der Waals surface area contributed by atoms with Crippen molar-refractivity contribution >= 4 is 23.5 Å².